The minimum Gasteiger partial charge on any atom is -0.279 e. The van der Waals surface area contributed by atoms with Crippen LogP contribution in [-0.4, -0.2) is 19.9 Å². The molecule has 0 atom stereocenters. The third-order valence-corrected chi connectivity index (χ3v) is 15.5. The van der Waals surface area contributed by atoms with E-state index in [1.807, 2.05) is 73.1 Å². The van der Waals surface area contributed by atoms with E-state index < -0.39 is 0 Å². The van der Waals surface area contributed by atoms with Crippen LogP contribution in [0, 0.1) is 0 Å². The third kappa shape index (κ3) is 8.40. The van der Waals surface area contributed by atoms with Gasteiger partial charge in [-0.15, -0.1) is 0 Å². The maximum atomic E-state index is 5.12. The number of rotatable bonds is 10. The minimum absolute atomic E-state index is 0.795. The molecule has 0 bridgehead atoms. The molecule has 11 aromatic carbocycles. The highest BCUT2D eigenvalue weighted by atomic mass is 15.2. The summed E-state index contributed by atoms with van der Waals surface area (Å²) in [6, 6.07) is 99.7. The van der Waals surface area contributed by atoms with Crippen molar-refractivity contribution >= 4 is 99.5 Å². The van der Waals surface area contributed by atoms with Crippen LogP contribution in [0.5, 0.6) is 0 Å². The summed E-state index contributed by atoms with van der Waals surface area (Å²) < 4.78 is 0. The Morgan fingerprint density at radius 2 is 0.588 bits per heavy atom. The molecule has 4 heterocycles. The van der Waals surface area contributed by atoms with E-state index in [1.54, 1.807) is 0 Å². The van der Waals surface area contributed by atoms with Crippen LogP contribution in [0.3, 0.4) is 0 Å². The first-order valence-electron chi connectivity index (χ1n) is 27.0. The number of para-hydroxylation sites is 2. The number of benzene rings is 11. The van der Waals surface area contributed by atoms with Crippen molar-refractivity contribution in [1.29, 1.82) is 0 Å². The number of aromatic nitrogens is 4. The first-order valence-corrected chi connectivity index (χ1v) is 27.0. The molecule has 0 saturated heterocycles. The second kappa shape index (κ2) is 19.6. The van der Waals surface area contributed by atoms with E-state index in [9.17, 15) is 0 Å². The largest absolute Gasteiger partial charge is 0.279 e. The molecule has 80 heavy (non-hydrogen) atoms. The Bertz CT molecular complexity index is 4520. The molecule has 0 amide bonds. The zero-order chi connectivity index (χ0) is 52.9. The molecule has 6 heteroatoms. The fraction of sp³-hybridized carbons (Fsp3) is 0. The van der Waals surface area contributed by atoms with Gasteiger partial charge in [0.15, 0.2) is 0 Å². The number of hydrogen-bond acceptors (Lipinski definition) is 6. The van der Waals surface area contributed by atoms with Crippen molar-refractivity contribution in [2.45, 2.75) is 0 Å². The second-order valence-electron chi connectivity index (χ2n) is 20.3. The van der Waals surface area contributed by atoms with Crippen molar-refractivity contribution in [3.8, 4) is 44.5 Å². The molecule has 6 nitrogen and oxygen atoms in total. The molecule has 0 aliphatic carbocycles. The summed E-state index contributed by atoms with van der Waals surface area (Å²) in [5.74, 6) is 3.19. The Labute approximate surface area is 462 Å². The van der Waals surface area contributed by atoms with Gasteiger partial charge in [-0.3, -0.25) is 9.80 Å². The van der Waals surface area contributed by atoms with Gasteiger partial charge in [0.2, 0.25) is 0 Å². The highest BCUT2D eigenvalue weighted by Crippen LogP contribution is 2.48. The monoisotopic (exact) mass is 1020 g/mol. The zero-order valence-electron chi connectivity index (χ0n) is 43.4. The van der Waals surface area contributed by atoms with E-state index in [1.165, 1.54) is 65.3 Å². The lowest BCUT2D eigenvalue weighted by molar-refractivity contribution is 1.14. The van der Waals surface area contributed by atoms with Crippen molar-refractivity contribution in [3.05, 3.63) is 291 Å². The molecule has 0 aliphatic heterocycles. The molecule has 0 N–H and O–H groups in total. The molecule has 374 valence electrons. The number of nitrogens with zero attached hydrogens (tertiary/aromatic N) is 6. The van der Waals surface area contributed by atoms with E-state index in [-0.39, 0.29) is 0 Å². The Morgan fingerprint density at radius 3 is 1.01 bits per heavy atom. The maximum absolute atomic E-state index is 5.12. The molecule has 15 aromatic rings. The smallest absolute Gasteiger partial charge is 0.139 e. The van der Waals surface area contributed by atoms with E-state index in [4.69, 9.17) is 19.9 Å². The van der Waals surface area contributed by atoms with Crippen molar-refractivity contribution in [3.63, 3.8) is 0 Å². The third-order valence-electron chi connectivity index (χ3n) is 15.5. The van der Waals surface area contributed by atoms with Gasteiger partial charge >= 0.3 is 0 Å². The van der Waals surface area contributed by atoms with Gasteiger partial charge in [-0.25, -0.2) is 19.9 Å². The molecule has 0 radical (unpaired) electrons. The highest BCUT2D eigenvalue weighted by molar-refractivity contribution is 6.23. The van der Waals surface area contributed by atoms with Gasteiger partial charge in [0.25, 0.3) is 0 Å². The molecule has 0 aliphatic rings. The maximum Gasteiger partial charge on any atom is 0.139 e. The van der Waals surface area contributed by atoms with Crippen LogP contribution in [-0.2, 0) is 0 Å². The van der Waals surface area contributed by atoms with Gasteiger partial charge in [-0.05, 0) is 197 Å². The van der Waals surface area contributed by atoms with Gasteiger partial charge in [0, 0.05) is 34.5 Å². The summed E-state index contributed by atoms with van der Waals surface area (Å²) in [5.41, 5.74) is 13.0. The summed E-state index contributed by atoms with van der Waals surface area (Å²) in [4.78, 5) is 24.1. The fourth-order valence-corrected chi connectivity index (χ4v) is 11.6. The summed E-state index contributed by atoms with van der Waals surface area (Å²) >= 11 is 0. The van der Waals surface area contributed by atoms with E-state index in [0.29, 0.717) is 0 Å². The first kappa shape index (κ1) is 46.5. The normalized spacial score (nSPS) is 11.5. The van der Waals surface area contributed by atoms with Gasteiger partial charge in [0.1, 0.15) is 23.3 Å². The van der Waals surface area contributed by atoms with Gasteiger partial charge in [-0.1, -0.05) is 170 Å². The lowest BCUT2D eigenvalue weighted by atomic mass is 9.83. The Morgan fingerprint density at radius 1 is 0.225 bits per heavy atom. The van der Waals surface area contributed by atoms with E-state index >= 15 is 0 Å². The van der Waals surface area contributed by atoms with Crippen LogP contribution < -0.4 is 9.80 Å². The minimum atomic E-state index is 0.795. The molecule has 0 spiro atoms. The quantitative estimate of drug-likeness (QED) is 0.127. The lowest BCUT2D eigenvalue weighted by Crippen LogP contribution is -2.12. The van der Waals surface area contributed by atoms with E-state index in [2.05, 4.69) is 228 Å². The SMILES string of the molecule is c1ccc(N(c2ccc(-c3ccc4c(-c5ccc6ccccc6c5)c5cc(-c6ccc(N(c7ccccn7)c7ccc8ccccc8n7)cc6)ccc5c(-c5ccc6ccccc6c5)c4c3)cc2)c2ccc3ccccc3n2)nc1. The first-order chi connectivity index (χ1) is 39.6. The van der Waals surface area contributed by atoms with Crippen LogP contribution in [0.1, 0.15) is 0 Å². The van der Waals surface area contributed by atoms with Crippen molar-refractivity contribution < 1.29 is 0 Å². The molecule has 15 rings (SSSR count). The molecule has 0 saturated carbocycles. The number of anilines is 6. The highest BCUT2D eigenvalue weighted by Gasteiger charge is 2.22. The summed E-state index contributed by atoms with van der Waals surface area (Å²) in [6.07, 6.45) is 3.66. The van der Waals surface area contributed by atoms with E-state index in [0.717, 1.165) is 78.7 Å². The fourth-order valence-electron chi connectivity index (χ4n) is 11.6. The summed E-state index contributed by atoms with van der Waals surface area (Å²) in [7, 11) is 0. The standard InChI is InChI=1S/C74H48N6/c1-3-17-55-45-59(25-23-49(55)13-1)73-63-39-31-58(52-29-37-62(38-30-52)80(70-22-10-12-44-76-70)72-42-34-54-16-6-8-20-68(54)78-72)48-66(63)74(60-26-24-50-14-2-4-18-56(50)46-60)64-40-32-57(47-65(64)73)51-27-35-61(36-28-51)79(69-21-9-11-43-75-69)71-41-33-53-15-5-7-19-67(53)77-71/h1-48H. The Hall–Kier alpha value is -10.8. The van der Waals surface area contributed by atoms with Crippen LogP contribution in [0.2, 0.25) is 0 Å². The van der Waals surface area contributed by atoms with Crippen LogP contribution in [0.15, 0.2) is 291 Å². The van der Waals surface area contributed by atoms with Gasteiger partial charge in [-0.2, -0.15) is 0 Å². The number of fused-ring (bicyclic) bond motifs is 6. The predicted molar refractivity (Wildman–Crippen MR) is 334 cm³/mol. The molecule has 0 unspecified atom stereocenters. The lowest BCUT2D eigenvalue weighted by Gasteiger charge is -2.24. The number of hydrogen-bond donors (Lipinski definition) is 0. The average molecular weight is 1020 g/mol. The molecule has 4 aromatic heterocycles. The van der Waals surface area contributed by atoms with Gasteiger partial charge in [0.05, 0.1) is 11.0 Å². The van der Waals surface area contributed by atoms with Crippen LogP contribution in [0.4, 0.5) is 34.6 Å². The van der Waals surface area contributed by atoms with Crippen LogP contribution >= 0.6 is 0 Å². The summed E-state index contributed by atoms with van der Waals surface area (Å²) in [6.45, 7) is 0. The molecular weight excluding hydrogens is 973 g/mol. The average Bonchev–Trinajstić information content (AvgIpc) is 3.72. The topological polar surface area (TPSA) is 58.0 Å². The molecule has 0 fully saturated rings. The second-order valence-corrected chi connectivity index (χ2v) is 20.3. The van der Waals surface area contributed by atoms with Crippen molar-refractivity contribution in [2.24, 2.45) is 0 Å². The van der Waals surface area contributed by atoms with Crippen LogP contribution in [0.25, 0.3) is 109 Å². The Kier molecular flexibility index (Phi) is 11.4. The molecular formula is C74H48N6. The summed E-state index contributed by atoms with van der Waals surface area (Å²) in [5, 5.41) is 11.7. The number of pyridine rings is 4. The zero-order valence-corrected chi connectivity index (χ0v) is 43.4. The predicted octanol–water partition coefficient (Wildman–Crippen LogP) is 19.8. The van der Waals surface area contributed by atoms with Crippen molar-refractivity contribution in [2.75, 3.05) is 9.80 Å². The Balaban J connectivity index is 0.902. The van der Waals surface area contributed by atoms with Crippen molar-refractivity contribution in [1.82, 2.24) is 19.9 Å². The van der Waals surface area contributed by atoms with Gasteiger partial charge < -0.3 is 0 Å².